The summed E-state index contributed by atoms with van der Waals surface area (Å²) in [5, 5.41) is 9.49. The van der Waals surface area contributed by atoms with Crippen LogP contribution in [0.3, 0.4) is 0 Å². The van der Waals surface area contributed by atoms with E-state index in [2.05, 4.69) is 18.8 Å². The monoisotopic (exact) mass is 276 g/mol. The number of aliphatic hydroxyl groups is 1. The molecule has 106 valence electrons. The molecule has 1 aliphatic rings. The highest BCUT2D eigenvalue weighted by Gasteiger charge is 2.41. The van der Waals surface area contributed by atoms with E-state index in [1.165, 1.54) is 0 Å². The zero-order valence-electron chi connectivity index (χ0n) is 11.7. The van der Waals surface area contributed by atoms with Crippen molar-refractivity contribution in [2.45, 2.75) is 26.2 Å². The van der Waals surface area contributed by atoms with Gasteiger partial charge in [0.2, 0.25) is 0 Å². The number of carbonyl (C=O) groups is 1. The standard InChI is InChI=1S/C13H24O4S/c1-5-16-12(15)13(10-14)8-6-11(7-9-13)17-18(2,3)4/h6,14H,5,7-10H2,1-4H3. The van der Waals surface area contributed by atoms with E-state index in [4.69, 9.17) is 8.92 Å². The van der Waals surface area contributed by atoms with Gasteiger partial charge in [-0.25, -0.2) is 0 Å². The van der Waals surface area contributed by atoms with E-state index in [1.807, 2.05) is 6.08 Å². The number of allylic oxidation sites excluding steroid dienone is 2. The Labute approximate surface area is 111 Å². The average molecular weight is 276 g/mol. The lowest BCUT2D eigenvalue weighted by Gasteiger charge is -2.35. The fourth-order valence-corrected chi connectivity index (χ4v) is 2.74. The van der Waals surface area contributed by atoms with Crippen LogP contribution in [0.25, 0.3) is 0 Å². The number of hydrogen-bond acceptors (Lipinski definition) is 4. The third-order valence-corrected chi connectivity index (χ3v) is 3.65. The highest BCUT2D eigenvalue weighted by atomic mass is 32.3. The summed E-state index contributed by atoms with van der Waals surface area (Å²) in [5.41, 5.74) is -0.768. The second kappa shape index (κ2) is 5.97. The lowest BCUT2D eigenvalue weighted by Crippen LogP contribution is -2.38. The summed E-state index contributed by atoms with van der Waals surface area (Å²) in [5.74, 6) is 0.636. The number of hydrogen-bond donors (Lipinski definition) is 1. The summed E-state index contributed by atoms with van der Waals surface area (Å²) in [7, 11) is -1.05. The highest BCUT2D eigenvalue weighted by Crippen LogP contribution is 2.44. The van der Waals surface area contributed by atoms with Crippen molar-refractivity contribution in [2.75, 3.05) is 32.0 Å². The van der Waals surface area contributed by atoms with Crippen LogP contribution in [-0.4, -0.2) is 43.1 Å². The van der Waals surface area contributed by atoms with E-state index in [1.54, 1.807) is 6.92 Å². The van der Waals surface area contributed by atoms with Crippen molar-refractivity contribution in [3.05, 3.63) is 11.8 Å². The second-order valence-corrected chi connectivity index (χ2v) is 8.96. The Kier molecular flexibility index (Phi) is 5.10. The van der Waals surface area contributed by atoms with E-state index in [0.29, 0.717) is 25.9 Å². The fourth-order valence-electron chi connectivity index (χ4n) is 1.95. The van der Waals surface area contributed by atoms with Crippen molar-refractivity contribution < 1.29 is 18.8 Å². The van der Waals surface area contributed by atoms with Crippen molar-refractivity contribution >= 4 is 16.3 Å². The van der Waals surface area contributed by atoms with Gasteiger partial charge in [-0.1, -0.05) is 0 Å². The van der Waals surface area contributed by atoms with Crippen LogP contribution in [0, 0.1) is 5.41 Å². The van der Waals surface area contributed by atoms with Gasteiger partial charge in [-0.15, -0.1) is 10.3 Å². The Morgan fingerprint density at radius 3 is 2.56 bits per heavy atom. The summed E-state index contributed by atoms with van der Waals surface area (Å²) >= 11 is 0. The topological polar surface area (TPSA) is 55.8 Å². The first-order chi connectivity index (χ1) is 8.33. The molecule has 0 bridgehead atoms. The van der Waals surface area contributed by atoms with Crippen molar-refractivity contribution in [1.82, 2.24) is 0 Å². The molecule has 0 aromatic heterocycles. The minimum atomic E-state index is -1.05. The molecule has 0 fully saturated rings. The molecule has 4 nitrogen and oxygen atoms in total. The summed E-state index contributed by atoms with van der Waals surface area (Å²) in [6.07, 6.45) is 9.92. The summed E-state index contributed by atoms with van der Waals surface area (Å²) in [4.78, 5) is 11.9. The third-order valence-electron chi connectivity index (χ3n) is 2.94. The molecule has 0 radical (unpaired) electrons. The van der Waals surface area contributed by atoms with Crippen molar-refractivity contribution in [2.24, 2.45) is 5.41 Å². The predicted molar refractivity (Wildman–Crippen MR) is 74.5 cm³/mol. The molecule has 1 unspecified atom stereocenters. The highest BCUT2D eigenvalue weighted by molar-refractivity contribution is 8.28. The van der Waals surface area contributed by atoms with Crippen LogP contribution in [0.15, 0.2) is 11.8 Å². The molecule has 0 heterocycles. The van der Waals surface area contributed by atoms with Gasteiger partial charge in [-0.3, -0.25) is 4.79 Å². The molecule has 0 spiro atoms. The van der Waals surface area contributed by atoms with Gasteiger partial charge in [0.1, 0.15) is 5.76 Å². The number of esters is 1. The van der Waals surface area contributed by atoms with E-state index < -0.39 is 15.7 Å². The van der Waals surface area contributed by atoms with Crippen molar-refractivity contribution in [3.8, 4) is 0 Å². The Balaban J connectivity index is 2.71. The SMILES string of the molecule is CCOC(=O)C1(CO)CC=C(OS(C)(C)C)CC1. The first-order valence-corrected chi connectivity index (χ1v) is 8.96. The lowest BCUT2D eigenvalue weighted by atomic mass is 9.77. The summed E-state index contributed by atoms with van der Waals surface area (Å²) in [6.45, 7) is 1.96. The maximum Gasteiger partial charge on any atom is 0.314 e. The van der Waals surface area contributed by atoms with Gasteiger partial charge in [-0.2, -0.15) is 0 Å². The Morgan fingerprint density at radius 1 is 1.50 bits per heavy atom. The Bertz CT molecular complexity index is 332. The number of aliphatic hydroxyl groups excluding tert-OH is 1. The molecule has 5 heteroatoms. The lowest BCUT2D eigenvalue weighted by molar-refractivity contribution is -0.158. The van der Waals surface area contributed by atoms with Crippen molar-refractivity contribution in [3.63, 3.8) is 0 Å². The number of carbonyl (C=O) groups excluding carboxylic acids is 1. The Hall–Kier alpha value is -0.680. The molecular weight excluding hydrogens is 252 g/mol. The molecule has 1 rings (SSSR count). The van der Waals surface area contributed by atoms with Gasteiger partial charge in [0.05, 0.1) is 18.6 Å². The van der Waals surface area contributed by atoms with Gasteiger partial charge < -0.3 is 14.0 Å². The molecule has 1 atom stereocenters. The minimum absolute atomic E-state index is 0.169. The van der Waals surface area contributed by atoms with E-state index in [-0.39, 0.29) is 12.6 Å². The molecule has 18 heavy (non-hydrogen) atoms. The van der Waals surface area contributed by atoms with Gasteiger partial charge in [0.15, 0.2) is 0 Å². The molecule has 0 aromatic carbocycles. The molecule has 1 N–H and O–H groups in total. The minimum Gasteiger partial charge on any atom is -0.465 e. The molecule has 1 aliphatic carbocycles. The zero-order chi connectivity index (χ0) is 13.8. The fraction of sp³-hybridized carbons (Fsp3) is 0.769. The second-order valence-electron chi connectivity index (χ2n) is 5.34. The summed E-state index contributed by atoms with van der Waals surface area (Å²) < 4.78 is 10.9. The van der Waals surface area contributed by atoms with Gasteiger partial charge >= 0.3 is 5.97 Å². The van der Waals surface area contributed by atoms with E-state index >= 15 is 0 Å². The van der Waals surface area contributed by atoms with Crippen LogP contribution >= 0.6 is 10.3 Å². The molecule has 0 amide bonds. The smallest absolute Gasteiger partial charge is 0.314 e. The van der Waals surface area contributed by atoms with Crippen LogP contribution in [0.4, 0.5) is 0 Å². The first-order valence-electron chi connectivity index (χ1n) is 6.18. The molecule has 0 saturated carbocycles. The van der Waals surface area contributed by atoms with Gasteiger partial charge in [0, 0.05) is 6.42 Å². The van der Waals surface area contributed by atoms with E-state index in [9.17, 15) is 9.90 Å². The maximum absolute atomic E-state index is 11.9. The molecule has 0 aliphatic heterocycles. The largest absolute Gasteiger partial charge is 0.465 e. The van der Waals surface area contributed by atoms with Crippen LogP contribution in [0.5, 0.6) is 0 Å². The number of ether oxygens (including phenoxy) is 1. The zero-order valence-corrected chi connectivity index (χ0v) is 12.5. The normalized spacial score (nSPS) is 25.3. The van der Waals surface area contributed by atoms with Crippen LogP contribution in [0.2, 0.25) is 0 Å². The van der Waals surface area contributed by atoms with E-state index in [0.717, 1.165) is 5.76 Å². The maximum atomic E-state index is 11.9. The molecule has 0 aromatic rings. The first kappa shape index (κ1) is 15.4. The number of rotatable bonds is 5. The van der Waals surface area contributed by atoms with Gasteiger partial charge in [-0.05, 0) is 44.6 Å². The van der Waals surface area contributed by atoms with Crippen LogP contribution in [0.1, 0.15) is 26.2 Å². The third kappa shape index (κ3) is 3.92. The Morgan fingerprint density at radius 2 is 2.17 bits per heavy atom. The van der Waals surface area contributed by atoms with Crippen LogP contribution < -0.4 is 0 Å². The predicted octanol–water partition coefficient (Wildman–Crippen LogP) is 2.22. The summed E-state index contributed by atoms with van der Waals surface area (Å²) in [6, 6.07) is 0. The quantitative estimate of drug-likeness (QED) is 0.782. The van der Waals surface area contributed by atoms with Crippen LogP contribution in [-0.2, 0) is 13.7 Å². The average Bonchev–Trinajstić information content (AvgIpc) is 2.28. The molecule has 0 saturated heterocycles. The molecular formula is C13H24O4S. The van der Waals surface area contributed by atoms with Gasteiger partial charge in [0.25, 0.3) is 0 Å². The van der Waals surface area contributed by atoms with Crippen molar-refractivity contribution in [1.29, 1.82) is 0 Å².